The minimum atomic E-state index is -0.0480. The van der Waals surface area contributed by atoms with Gasteiger partial charge in [-0.15, -0.1) is 0 Å². The lowest BCUT2D eigenvalue weighted by Crippen LogP contribution is -2.43. The molecule has 1 atom stereocenters. The Kier molecular flexibility index (Phi) is 6.87. The van der Waals surface area contributed by atoms with Gasteiger partial charge in [0, 0.05) is 28.8 Å². The Bertz CT molecular complexity index is 713. The molecule has 6 heteroatoms. The number of nitrogens with one attached hydrogen (secondary N) is 1. The van der Waals surface area contributed by atoms with E-state index < -0.39 is 0 Å². The molecule has 3 rings (SSSR count). The van der Waals surface area contributed by atoms with Crippen LogP contribution >= 0.6 is 22.6 Å². The Morgan fingerprint density at radius 3 is 2.42 bits per heavy atom. The maximum Gasteiger partial charge on any atom is 0.251 e. The molecule has 5 nitrogen and oxygen atoms in total. The van der Waals surface area contributed by atoms with Crippen LogP contribution in [0.15, 0.2) is 48.5 Å². The van der Waals surface area contributed by atoms with Gasteiger partial charge in [-0.1, -0.05) is 12.1 Å². The van der Waals surface area contributed by atoms with Crippen molar-refractivity contribution in [3.8, 4) is 5.75 Å². The largest absolute Gasteiger partial charge is 0.497 e. The molecule has 1 unspecified atom stereocenters. The molecule has 0 aromatic heterocycles. The van der Waals surface area contributed by atoms with Crippen LogP contribution in [0.1, 0.15) is 22.0 Å². The van der Waals surface area contributed by atoms with E-state index >= 15 is 0 Å². The Hall–Kier alpha value is -1.64. The molecule has 2 aromatic carbocycles. The van der Waals surface area contributed by atoms with Crippen molar-refractivity contribution in [2.45, 2.75) is 6.04 Å². The summed E-state index contributed by atoms with van der Waals surface area (Å²) >= 11 is 2.23. The normalized spacial score (nSPS) is 16.1. The molecule has 2 aromatic rings. The van der Waals surface area contributed by atoms with Crippen LogP contribution in [0.3, 0.4) is 0 Å². The summed E-state index contributed by atoms with van der Waals surface area (Å²) < 4.78 is 11.8. The van der Waals surface area contributed by atoms with E-state index in [0.717, 1.165) is 41.2 Å². The van der Waals surface area contributed by atoms with Crippen molar-refractivity contribution in [1.82, 2.24) is 10.2 Å². The van der Waals surface area contributed by atoms with Gasteiger partial charge in [-0.05, 0) is 64.6 Å². The highest BCUT2D eigenvalue weighted by Crippen LogP contribution is 2.23. The van der Waals surface area contributed by atoms with Crippen LogP contribution in [0.5, 0.6) is 5.75 Å². The van der Waals surface area contributed by atoms with E-state index in [1.807, 2.05) is 36.4 Å². The highest BCUT2D eigenvalue weighted by Gasteiger charge is 2.23. The lowest BCUT2D eigenvalue weighted by atomic mass is 10.0. The Morgan fingerprint density at radius 2 is 1.81 bits per heavy atom. The first-order chi connectivity index (χ1) is 12.7. The van der Waals surface area contributed by atoms with Gasteiger partial charge in [0.25, 0.3) is 5.91 Å². The lowest BCUT2D eigenvalue weighted by molar-refractivity contribution is 0.0162. The number of hydrogen-bond donors (Lipinski definition) is 1. The molecule has 1 saturated heterocycles. The molecule has 0 saturated carbocycles. The van der Waals surface area contributed by atoms with Gasteiger partial charge in [0.05, 0.1) is 26.4 Å². The molecule has 0 radical (unpaired) electrons. The van der Waals surface area contributed by atoms with Gasteiger partial charge in [0.1, 0.15) is 5.75 Å². The van der Waals surface area contributed by atoms with E-state index in [9.17, 15) is 4.79 Å². The summed E-state index contributed by atoms with van der Waals surface area (Å²) in [6, 6.07) is 15.8. The van der Waals surface area contributed by atoms with Gasteiger partial charge in [-0.25, -0.2) is 0 Å². The number of nitrogens with zero attached hydrogens (tertiary/aromatic N) is 1. The number of rotatable bonds is 6. The van der Waals surface area contributed by atoms with Crippen molar-refractivity contribution in [1.29, 1.82) is 0 Å². The quantitative estimate of drug-likeness (QED) is 0.666. The molecule has 0 spiro atoms. The molecule has 1 heterocycles. The number of carbonyl (C=O) groups excluding carboxylic acids is 1. The van der Waals surface area contributed by atoms with Crippen molar-refractivity contribution < 1.29 is 14.3 Å². The predicted octanol–water partition coefficient (Wildman–Crippen LogP) is 3.10. The summed E-state index contributed by atoms with van der Waals surface area (Å²) in [4.78, 5) is 14.9. The summed E-state index contributed by atoms with van der Waals surface area (Å²) in [5.74, 6) is 0.783. The SMILES string of the molecule is COc1ccc(C(CNC(=O)c2ccc(I)cc2)N2CCOCC2)cc1. The van der Waals surface area contributed by atoms with Crippen LogP contribution in [0, 0.1) is 3.57 Å². The summed E-state index contributed by atoms with van der Waals surface area (Å²) in [6.07, 6.45) is 0. The average Bonchev–Trinajstić information content (AvgIpc) is 2.70. The van der Waals surface area contributed by atoms with E-state index in [-0.39, 0.29) is 11.9 Å². The van der Waals surface area contributed by atoms with Crippen LogP contribution in [0.2, 0.25) is 0 Å². The Morgan fingerprint density at radius 1 is 1.15 bits per heavy atom. The fourth-order valence-corrected chi connectivity index (χ4v) is 3.43. The van der Waals surface area contributed by atoms with Crippen molar-refractivity contribution in [2.75, 3.05) is 40.0 Å². The molecule has 0 aliphatic carbocycles. The van der Waals surface area contributed by atoms with Crippen molar-refractivity contribution >= 4 is 28.5 Å². The molecule has 1 aliphatic heterocycles. The van der Waals surface area contributed by atoms with E-state index in [2.05, 4.69) is 44.9 Å². The van der Waals surface area contributed by atoms with E-state index in [4.69, 9.17) is 9.47 Å². The van der Waals surface area contributed by atoms with Crippen molar-refractivity contribution in [3.05, 3.63) is 63.2 Å². The van der Waals surface area contributed by atoms with Crippen LogP contribution in [0.4, 0.5) is 0 Å². The van der Waals surface area contributed by atoms with Crippen LogP contribution in [0.25, 0.3) is 0 Å². The fourth-order valence-electron chi connectivity index (χ4n) is 3.07. The zero-order valence-electron chi connectivity index (χ0n) is 14.8. The van der Waals surface area contributed by atoms with Gasteiger partial charge in [0.15, 0.2) is 0 Å². The predicted molar refractivity (Wildman–Crippen MR) is 110 cm³/mol. The average molecular weight is 466 g/mol. The van der Waals surface area contributed by atoms with Crippen LogP contribution in [-0.2, 0) is 4.74 Å². The highest BCUT2D eigenvalue weighted by molar-refractivity contribution is 14.1. The first-order valence-corrected chi connectivity index (χ1v) is 9.75. The number of methoxy groups -OCH3 is 1. The van der Waals surface area contributed by atoms with Gasteiger partial charge in [0.2, 0.25) is 0 Å². The molecule has 1 aliphatic rings. The summed E-state index contributed by atoms with van der Waals surface area (Å²) in [7, 11) is 1.66. The standard InChI is InChI=1S/C20H23IN2O3/c1-25-18-8-4-15(5-9-18)19(23-10-12-26-13-11-23)14-22-20(24)16-2-6-17(21)7-3-16/h2-9,19H,10-14H2,1H3,(H,22,24). The number of hydrogen-bond acceptors (Lipinski definition) is 4. The van der Waals surface area contributed by atoms with Gasteiger partial charge in [-0.2, -0.15) is 0 Å². The third kappa shape index (κ3) is 4.96. The third-order valence-electron chi connectivity index (χ3n) is 4.55. The Labute approximate surface area is 167 Å². The fraction of sp³-hybridized carbons (Fsp3) is 0.350. The number of carbonyl (C=O) groups is 1. The molecule has 1 amide bonds. The minimum absolute atomic E-state index is 0.0480. The van der Waals surface area contributed by atoms with E-state index in [0.29, 0.717) is 12.1 Å². The maximum atomic E-state index is 12.5. The van der Waals surface area contributed by atoms with Crippen LogP contribution < -0.4 is 10.1 Å². The zero-order valence-corrected chi connectivity index (χ0v) is 16.9. The highest BCUT2D eigenvalue weighted by atomic mass is 127. The molecule has 26 heavy (non-hydrogen) atoms. The smallest absolute Gasteiger partial charge is 0.251 e. The second-order valence-electron chi connectivity index (χ2n) is 6.15. The molecular formula is C20H23IN2O3. The summed E-state index contributed by atoms with van der Waals surface area (Å²) in [6.45, 7) is 3.71. The van der Waals surface area contributed by atoms with Crippen LogP contribution in [-0.4, -0.2) is 50.8 Å². The van der Waals surface area contributed by atoms with Crippen molar-refractivity contribution in [3.63, 3.8) is 0 Å². The molecule has 0 bridgehead atoms. The maximum absolute atomic E-state index is 12.5. The molecular weight excluding hydrogens is 443 g/mol. The number of ether oxygens (including phenoxy) is 2. The number of halogens is 1. The summed E-state index contributed by atoms with van der Waals surface area (Å²) in [5.41, 5.74) is 1.84. The van der Waals surface area contributed by atoms with Gasteiger partial charge in [-0.3, -0.25) is 9.69 Å². The number of amides is 1. The second-order valence-corrected chi connectivity index (χ2v) is 7.40. The van der Waals surface area contributed by atoms with E-state index in [1.165, 1.54) is 0 Å². The first-order valence-electron chi connectivity index (χ1n) is 8.67. The number of benzene rings is 2. The number of morpholine rings is 1. The summed E-state index contributed by atoms with van der Waals surface area (Å²) in [5, 5.41) is 3.09. The molecule has 138 valence electrons. The topological polar surface area (TPSA) is 50.8 Å². The van der Waals surface area contributed by atoms with Crippen molar-refractivity contribution in [2.24, 2.45) is 0 Å². The van der Waals surface area contributed by atoms with E-state index in [1.54, 1.807) is 7.11 Å². The zero-order chi connectivity index (χ0) is 18.4. The third-order valence-corrected chi connectivity index (χ3v) is 5.27. The van der Waals surface area contributed by atoms with Gasteiger partial charge < -0.3 is 14.8 Å². The Balaban J connectivity index is 1.72. The lowest BCUT2D eigenvalue weighted by Gasteiger charge is -2.35. The van der Waals surface area contributed by atoms with Gasteiger partial charge >= 0.3 is 0 Å². The molecule has 1 N–H and O–H groups in total. The molecule has 1 fully saturated rings. The second kappa shape index (κ2) is 9.34. The minimum Gasteiger partial charge on any atom is -0.497 e. The first kappa shape index (κ1) is 19.1. The monoisotopic (exact) mass is 466 g/mol.